The molecule has 4 aromatic rings. The molecule has 1 aliphatic rings. The molecule has 0 fully saturated rings. The molecule has 10 heteroatoms. The summed E-state index contributed by atoms with van der Waals surface area (Å²) in [5.41, 5.74) is 4.67. The molecule has 1 atom stereocenters. The molecule has 2 N–H and O–H groups in total. The molecular weight excluding hydrogens is 537 g/mol. The number of fused-ring (bicyclic) bond motifs is 1. The first-order valence-electron chi connectivity index (χ1n) is 12.4. The number of aryl methyl sites for hydroxylation is 1. The molecule has 1 aliphatic heterocycles. The number of nitrogens with one attached hydrogen (secondary N) is 2. The average molecular weight is 564 g/mol. The van der Waals surface area contributed by atoms with Gasteiger partial charge in [0.25, 0.3) is 5.91 Å². The van der Waals surface area contributed by atoms with Gasteiger partial charge in [0.15, 0.2) is 11.5 Å². The van der Waals surface area contributed by atoms with Gasteiger partial charge in [0.2, 0.25) is 5.95 Å². The maximum atomic E-state index is 13.6. The van der Waals surface area contributed by atoms with Gasteiger partial charge in [0.05, 0.1) is 22.2 Å². The van der Waals surface area contributed by atoms with Crippen LogP contribution < -0.4 is 20.1 Å². The highest BCUT2D eigenvalue weighted by molar-refractivity contribution is 6.42. The normalized spacial score (nSPS) is 14.4. The van der Waals surface area contributed by atoms with Gasteiger partial charge in [0, 0.05) is 11.4 Å². The number of nitrogens with zero attached hydrogens (tertiary/aromatic N) is 3. The minimum Gasteiger partial charge on any atom is -0.490 e. The second-order valence-corrected chi connectivity index (χ2v) is 9.91. The van der Waals surface area contributed by atoms with Crippen LogP contribution in [0.4, 0.5) is 11.6 Å². The summed E-state index contributed by atoms with van der Waals surface area (Å²) in [7, 11) is 0. The largest absolute Gasteiger partial charge is 0.490 e. The van der Waals surface area contributed by atoms with Crippen molar-refractivity contribution in [3.63, 3.8) is 0 Å². The van der Waals surface area contributed by atoms with Crippen LogP contribution in [0.2, 0.25) is 10.0 Å². The van der Waals surface area contributed by atoms with Gasteiger partial charge in [-0.25, -0.2) is 4.68 Å². The zero-order valence-electron chi connectivity index (χ0n) is 21.7. The Bertz CT molecular complexity index is 1550. The molecule has 0 bridgehead atoms. The Labute approximate surface area is 236 Å². The van der Waals surface area contributed by atoms with E-state index in [1.165, 1.54) is 6.33 Å². The molecule has 0 radical (unpaired) electrons. The standard InChI is InChI=1S/C29H27Cl2N5O3/c1-4-38-25-14-20(8-12-24(25)39-15-19-7-11-22(30)23(31)13-19)27-26(18(3)34-29-32-16-33-36(27)29)28(37)35-21-9-5-17(2)6-10-21/h5-14,16,27H,4,15H2,1-3H3,(H,35,37)(H,32,33,34). The second-order valence-electron chi connectivity index (χ2n) is 9.09. The average Bonchev–Trinajstić information content (AvgIpc) is 3.38. The van der Waals surface area contributed by atoms with Crippen molar-refractivity contribution in [3.8, 4) is 11.5 Å². The maximum Gasteiger partial charge on any atom is 0.255 e. The topological polar surface area (TPSA) is 90.3 Å². The van der Waals surface area contributed by atoms with E-state index >= 15 is 0 Å². The predicted octanol–water partition coefficient (Wildman–Crippen LogP) is 6.80. The Morgan fingerprint density at radius 1 is 1.00 bits per heavy atom. The van der Waals surface area contributed by atoms with E-state index in [2.05, 4.69) is 20.7 Å². The number of amides is 1. The van der Waals surface area contributed by atoms with E-state index < -0.39 is 6.04 Å². The molecule has 1 aromatic heterocycles. The van der Waals surface area contributed by atoms with Crippen molar-refractivity contribution in [1.29, 1.82) is 0 Å². The SMILES string of the molecule is CCOc1cc(C2C(C(=O)Nc3ccc(C)cc3)=C(C)Nc3ncnn32)ccc1OCc1ccc(Cl)c(Cl)c1. The van der Waals surface area contributed by atoms with Crippen molar-refractivity contribution >= 4 is 40.7 Å². The van der Waals surface area contributed by atoms with Crippen LogP contribution in [-0.2, 0) is 11.4 Å². The van der Waals surface area contributed by atoms with E-state index in [-0.39, 0.29) is 12.5 Å². The summed E-state index contributed by atoms with van der Waals surface area (Å²) in [6.45, 7) is 6.47. The summed E-state index contributed by atoms with van der Waals surface area (Å²) < 4.78 is 13.7. The van der Waals surface area contributed by atoms with E-state index in [0.29, 0.717) is 51.1 Å². The summed E-state index contributed by atoms with van der Waals surface area (Å²) in [6.07, 6.45) is 1.46. The molecule has 3 aromatic carbocycles. The van der Waals surface area contributed by atoms with Gasteiger partial charge in [-0.15, -0.1) is 0 Å². The third kappa shape index (κ3) is 5.72. The van der Waals surface area contributed by atoms with Gasteiger partial charge in [-0.05, 0) is 68.3 Å². The number of ether oxygens (including phenoxy) is 2. The molecule has 1 unspecified atom stereocenters. The van der Waals surface area contributed by atoms with Gasteiger partial charge in [-0.2, -0.15) is 10.1 Å². The first-order valence-corrected chi connectivity index (χ1v) is 13.2. The van der Waals surface area contributed by atoms with E-state index in [9.17, 15) is 4.79 Å². The summed E-state index contributed by atoms with van der Waals surface area (Å²) in [5, 5.41) is 11.6. The number of rotatable bonds is 8. The summed E-state index contributed by atoms with van der Waals surface area (Å²) in [4.78, 5) is 17.9. The zero-order valence-corrected chi connectivity index (χ0v) is 23.2. The highest BCUT2D eigenvalue weighted by atomic mass is 35.5. The van der Waals surface area contributed by atoms with Crippen molar-refractivity contribution in [2.45, 2.75) is 33.4 Å². The van der Waals surface area contributed by atoms with Gasteiger partial charge in [-0.3, -0.25) is 4.79 Å². The maximum absolute atomic E-state index is 13.6. The Morgan fingerprint density at radius 3 is 2.54 bits per heavy atom. The lowest BCUT2D eigenvalue weighted by Crippen LogP contribution is -2.31. The fraction of sp³-hybridized carbons (Fsp3) is 0.207. The van der Waals surface area contributed by atoms with Gasteiger partial charge in [-0.1, -0.05) is 53.0 Å². The first-order chi connectivity index (χ1) is 18.8. The Hall–Kier alpha value is -4.01. The number of carbonyl (C=O) groups excluding carboxylic acids is 1. The number of benzene rings is 3. The van der Waals surface area contributed by atoms with Crippen LogP contribution in [0.5, 0.6) is 11.5 Å². The molecule has 0 saturated heterocycles. The van der Waals surface area contributed by atoms with Crippen LogP contribution >= 0.6 is 23.2 Å². The van der Waals surface area contributed by atoms with Crippen molar-refractivity contribution in [2.75, 3.05) is 17.2 Å². The molecule has 2 heterocycles. The monoisotopic (exact) mass is 563 g/mol. The molecule has 0 saturated carbocycles. The Morgan fingerprint density at radius 2 is 1.79 bits per heavy atom. The van der Waals surface area contributed by atoms with Crippen LogP contribution in [0.3, 0.4) is 0 Å². The highest BCUT2D eigenvalue weighted by Crippen LogP contribution is 2.39. The minimum atomic E-state index is -0.544. The van der Waals surface area contributed by atoms with Crippen LogP contribution in [-0.4, -0.2) is 27.3 Å². The van der Waals surface area contributed by atoms with Crippen molar-refractivity contribution < 1.29 is 14.3 Å². The number of hydrogen-bond acceptors (Lipinski definition) is 6. The van der Waals surface area contributed by atoms with E-state index in [1.807, 2.05) is 69.3 Å². The summed E-state index contributed by atoms with van der Waals surface area (Å²) in [5.74, 6) is 1.41. The molecule has 39 heavy (non-hydrogen) atoms. The number of aromatic nitrogens is 3. The third-order valence-corrected chi connectivity index (χ3v) is 7.05. The van der Waals surface area contributed by atoms with Crippen LogP contribution in [0.25, 0.3) is 0 Å². The summed E-state index contributed by atoms with van der Waals surface area (Å²) >= 11 is 12.2. The van der Waals surface area contributed by atoms with Crippen molar-refractivity contribution in [2.24, 2.45) is 0 Å². The fourth-order valence-corrected chi connectivity index (χ4v) is 4.72. The smallest absolute Gasteiger partial charge is 0.255 e. The third-order valence-electron chi connectivity index (χ3n) is 6.31. The molecule has 1 amide bonds. The quantitative estimate of drug-likeness (QED) is 0.245. The van der Waals surface area contributed by atoms with Crippen LogP contribution in [0.1, 0.15) is 36.6 Å². The fourth-order valence-electron chi connectivity index (χ4n) is 4.40. The van der Waals surface area contributed by atoms with Gasteiger partial charge in [0.1, 0.15) is 19.0 Å². The molecule has 0 aliphatic carbocycles. The first kappa shape index (κ1) is 26.6. The van der Waals surface area contributed by atoms with Crippen LogP contribution in [0, 0.1) is 6.92 Å². The second kappa shape index (κ2) is 11.4. The van der Waals surface area contributed by atoms with Crippen LogP contribution in [0.15, 0.2) is 78.3 Å². The molecular formula is C29H27Cl2N5O3. The van der Waals surface area contributed by atoms with E-state index in [4.69, 9.17) is 32.7 Å². The number of carbonyl (C=O) groups is 1. The van der Waals surface area contributed by atoms with E-state index in [1.54, 1.807) is 16.8 Å². The number of hydrogen-bond donors (Lipinski definition) is 2. The zero-order chi connectivity index (χ0) is 27.5. The molecule has 5 rings (SSSR count). The number of allylic oxidation sites excluding steroid dienone is 1. The lowest BCUT2D eigenvalue weighted by molar-refractivity contribution is -0.113. The number of anilines is 2. The van der Waals surface area contributed by atoms with Gasteiger partial charge >= 0.3 is 0 Å². The molecule has 8 nitrogen and oxygen atoms in total. The van der Waals surface area contributed by atoms with Gasteiger partial charge < -0.3 is 20.1 Å². The predicted molar refractivity (Wildman–Crippen MR) is 153 cm³/mol. The van der Waals surface area contributed by atoms with Crippen molar-refractivity contribution in [1.82, 2.24) is 14.8 Å². The van der Waals surface area contributed by atoms with Crippen molar-refractivity contribution in [3.05, 3.63) is 105 Å². The number of halogens is 2. The van der Waals surface area contributed by atoms with E-state index in [0.717, 1.165) is 16.7 Å². The summed E-state index contributed by atoms with van der Waals surface area (Å²) in [6, 6.07) is 18.1. The minimum absolute atomic E-state index is 0.243. The molecule has 0 spiro atoms. The Balaban J connectivity index is 1.47. The Kier molecular flexibility index (Phi) is 7.77. The highest BCUT2D eigenvalue weighted by Gasteiger charge is 2.34. The molecule has 200 valence electrons. The lowest BCUT2D eigenvalue weighted by Gasteiger charge is -2.29. The lowest BCUT2D eigenvalue weighted by atomic mass is 9.94.